The Labute approximate surface area is 172 Å². The van der Waals surface area contributed by atoms with Crippen LogP contribution in [-0.4, -0.2) is 87.3 Å². The van der Waals surface area contributed by atoms with Gasteiger partial charge >= 0.3 is 11.9 Å². The maximum absolute atomic E-state index is 12.5. The molecule has 29 heavy (non-hydrogen) atoms. The van der Waals surface area contributed by atoms with Gasteiger partial charge in [-0.05, 0) is 32.3 Å². The molecule has 5 atom stereocenters. The van der Waals surface area contributed by atoms with E-state index in [2.05, 4.69) is 10.6 Å². The van der Waals surface area contributed by atoms with Crippen LogP contribution in [0.4, 0.5) is 0 Å². The first-order valence-corrected chi connectivity index (χ1v) is 10.1. The van der Waals surface area contributed by atoms with Crippen LogP contribution in [0.25, 0.3) is 0 Å². The second-order valence-electron chi connectivity index (χ2n) is 6.36. The third kappa shape index (κ3) is 10.1. The number of thioether (sulfide) groups is 1. The molecule has 13 heteroatoms. The number of hydrogen-bond donors (Lipinski definition) is 7. The van der Waals surface area contributed by atoms with Crippen LogP contribution in [0.5, 0.6) is 0 Å². The minimum atomic E-state index is -1.69. The molecule has 0 aliphatic carbocycles. The first-order valence-electron chi connectivity index (χ1n) is 8.69. The van der Waals surface area contributed by atoms with E-state index in [1.807, 2.05) is 5.32 Å². The molecule has 8 N–H and O–H groups in total. The highest BCUT2D eigenvalue weighted by atomic mass is 32.2. The average Bonchev–Trinajstić information content (AvgIpc) is 2.60. The smallest absolute Gasteiger partial charge is 0.328 e. The molecule has 5 unspecified atom stereocenters. The Hall–Kier alpha value is -2.38. The summed E-state index contributed by atoms with van der Waals surface area (Å²) < 4.78 is 0. The Morgan fingerprint density at radius 1 is 0.931 bits per heavy atom. The topological polar surface area (TPSA) is 208 Å². The Balaban J connectivity index is 5.39. The molecule has 0 heterocycles. The molecule has 0 aliphatic heterocycles. The zero-order chi connectivity index (χ0) is 22.7. The second-order valence-corrected chi connectivity index (χ2v) is 7.34. The SMILES string of the molecule is CSCCC(NC(=O)C(C)N)C(=O)NC(CC(=O)O)C(=O)NC(C(=O)O)C(C)O. The van der Waals surface area contributed by atoms with E-state index < -0.39 is 66.4 Å². The number of aliphatic carboxylic acids is 2. The number of carbonyl (C=O) groups is 5. The minimum Gasteiger partial charge on any atom is -0.481 e. The van der Waals surface area contributed by atoms with Crippen molar-refractivity contribution in [2.45, 2.75) is 57.0 Å². The zero-order valence-corrected chi connectivity index (χ0v) is 17.2. The summed E-state index contributed by atoms with van der Waals surface area (Å²) in [5.74, 6) is -5.00. The van der Waals surface area contributed by atoms with E-state index in [4.69, 9.17) is 15.9 Å². The molecule has 0 aliphatic rings. The van der Waals surface area contributed by atoms with Gasteiger partial charge in [-0.3, -0.25) is 19.2 Å². The van der Waals surface area contributed by atoms with Crippen molar-refractivity contribution in [2.75, 3.05) is 12.0 Å². The number of hydrogen-bond acceptors (Lipinski definition) is 8. The number of carboxylic acids is 2. The summed E-state index contributed by atoms with van der Waals surface area (Å²) in [6, 6.07) is -5.28. The summed E-state index contributed by atoms with van der Waals surface area (Å²) in [5, 5.41) is 34.1. The van der Waals surface area contributed by atoms with Crippen LogP contribution in [-0.2, 0) is 24.0 Å². The molecule has 0 saturated heterocycles. The van der Waals surface area contributed by atoms with Crippen LogP contribution < -0.4 is 21.7 Å². The fourth-order valence-corrected chi connectivity index (χ4v) is 2.58. The molecule has 0 radical (unpaired) electrons. The van der Waals surface area contributed by atoms with Gasteiger partial charge in [0, 0.05) is 0 Å². The number of nitrogens with two attached hydrogens (primary N) is 1. The Morgan fingerprint density at radius 3 is 1.86 bits per heavy atom. The second kappa shape index (κ2) is 13.0. The van der Waals surface area contributed by atoms with Gasteiger partial charge in [0.1, 0.15) is 12.1 Å². The van der Waals surface area contributed by atoms with Crippen molar-refractivity contribution in [1.29, 1.82) is 0 Å². The normalized spacial score (nSPS) is 15.9. The predicted octanol–water partition coefficient (Wildman–Crippen LogP) is -2.52. The Kier molecular flexibility index (Phi) is 11.9. The number of rotatable bonds is 13. The minimum absolute atomic E-state index is 0.193. The fourth-order valence-electron chi connectivity index (χ4n) is 2.11. The van der Waals surface area contributed by atoms with E-state index in [1.165, 1.54) is 18.7 Å². The number of aliphatic hydroxyl groups excluding tert-OH is 1. The number of amides is 3. The van der Waals surface area contributed by atoms with Crippen molar-refractivity contribution < 1.29 is 39.3 Å². The van der Waals surface area contributed by atoms with Gasteiger partial charge in [-0.1, -0.05) is 0 Å². The molecule has 0 saturated carbocycles. The standard InChI is InChI=1S/C16H28N4O8S/c1-7(17)13(24)18-9(4-5-29-3)14(25)19-10(6-11(22)23)15(26)20-12(8(2)21)16(27)28/h7-10,12,21H,4-6,17H2,1-3H3,(H,18,24)(H,19,25)(H,20,26)(H,22,23)(H,27,28). The molecule has 0 aromatic rings. The van der Waals surface area contributed by atoms with Crippen molar-refractivity contribution >= 4 is 41.4 Å². The maximum atomic E-state index is 12.5. The summed E-state index contributed by atoms with van der Waals surface area (Å²) in [4.78, 5) is 58.9. The van der Waals surface area contributed by atoms with Gasteiger partial charge < -0.3 is 37.0 Å². The fraction of sp³-hybridized carbons (Fsp3) is 0.688. The lowest BCUT2D eigenvalue weighted by molar-refractivity contribution is -0.146. The number of carboxylic acid groups (broad SMARTS) is 2. The lowest BCUT2D eigenvalue weighted by Crippen LogP contribution is -2.58. The highest BCUT2D eigenvalue weighted by Crippen LogP contribution is 2.04. The lowest BCUT2D eigenvalue weighted by atomic mass is 10.1. The van der Waals surface area contributed by atoms with Crippen molar-refractivity contribution in [3.63, 3.8) is 0 Å². The Bertz CT molecular complexity index is 614. The van der Waals surface area contributed by atoms with Crippen LogP contribution in [0.15, 0.2) is 0 Å². The summed E-state index contributed by atoms with van der Waals surface area (Å²) in [5.41, 5.74) is 5.47. The molecule has 0 rings (SSSR count). The van der Waals surface area contributed by atoms with Gasteiger partial charge in [-0.25, -0.2) is 4.79 Å². The predicted molar refractivity (Wildman–Crippen MR) is 104 cm³/mol. The van der Waals surface area contributed by atoms with Crippen LogP contribution in [0.2, 0.25) is 0 Å². The van der Waals surface area contributed by atoms with Crippen LogP contribution in [0, 0.1) is 0 Å². The van der Waals surface area contributed by atoms with Gasteiger partial charge in [0.2, 0.25) is 17.7 Å². The van der Waals surface area contributed by atoms with Crippen molar-refractivity contribution in [1.82, 2.24) is 16.0 Å². The first kappa shape index (κ1) is 26.6. The largest absolute Gasteiger partial charge is 0.481 e. The van der Waals surface area contributed by atoms with Gasteiger partial charge in [-0.15, -0.1) is 0 Å². The van der Waals surface area contributed by atoms with Gasteiger partial charge in [-0.2, -0.15) is 11.8 Å². The van der Waals surface area contributed by atoms with E-state index in [0.29, 0.717) is 5.75 Å². The zero-order valence-electron chi connectivity index (χ0n) is 16.4. The number of nitrogens with one attached hydrogen (secondary N) is 3. The monoisotopic (exact) mass is 436 g/mol. The number of carbonyl (C=O) groups excluding carboxylic acids is 3. The third-order valence-electron chi connectivity index (χ3n) is 3.72. The van der Waals surface area contributed by atoms with Crippen molar-refractivity contribution in [3.8, 4) is 0 Å². The van der Waals surface area contributed by atoms with E-state index in [-0.39, 0.29) is 6.42 Å². The molecule has 12 nitrogen and oxygen atoms in total. The van der Waals surface area contributed by atoms with E-state index >= 15 is 0 Å². The van der Waals surface area contributed by atoms with E-state index in [0.717, 1.165) is 6.92 Å². The maximum Gasteiger partial charge on any atom is 0.328 e. The molecule has 0 fully saturated rings. The summed E-state index contributed by atoms with van der Waals surface area (Å²) in [7, 11) is 0. The van der Waals surface area contributed by atoms with Gasteiger partial charge in [0.25, 0.3) is 0 Å². The quantitative estimate of drug-likeness (QED) is 0.161. The highest BCUT2D eigenvalue weighted by Gasteiger charge is 2.32. The van der Waals surface area contributed by atoms with Gasteiger partial charge in [0.15, 0.2) is 6.04 Å². The van der Waals surface area contributed by atoms with Crippen LogP contribution >= 0.6 is 11.8 Å². The molecule has 0 aromatic carbocycles. The molecule has 166 valence electrons. The van der Waals surface area contributed by atoms with Crippen LogP contribution in [0.1, 0.15) is 26.7 Å². The van der Waals surface area contributed by atoms with E-state index in [1.54, 1.807) is 6.26 Å². The lowest BCUT2D eigenvalue weighted by Gasteiger charge is -2.24. The van der Waals surface area contributed by atoms with Crippen LogP contribution in [0.3, 0.4) is 0 Å². The molecule has 0 spiro atoms. The third-order valence-corrected chi connectivity index (χ3v) is 4.36. The number of aliphatic hydroxyl groups is 1. The van der Waals surface area contributed by atoms with E-state index in [9.17, 15) is 29.1 Å². The van der Waals surface area contributed by atoms with Crippen molar-refractivity contribution in [3.05, 3.63) is 0 Å². The molecule has 0 bridgehead atoms. The Morgan fingerprint density at radius 2 is 1.45 bits per heavy atom. The molecule has 0 aromatic heterocycles. The average molecular weight is 436 g/mol. The first-order chi connectivity index (χ1) is 13.4. The summed E-state index contributed by atoms with van der Waals surface area (Å²) in [6.45, 7) is 2.55. The molecule has 3 amide bonds. The van der Waals surface area contributed by atoms with Gasteiger partial charge in [0.05, 0.1) is 18.6 Å². The summed E-state index contributed by atoms with van der Waals surface area (Å²) in [6.07, 6.45) is -0.318. The van der Waals surface area contributed by atoms with Crippen molar-refractivity contribution in [2.24, 2.45) is 5.73 Å². The highest BCUT2D eigenvalue weighted by molar-refractivity contribution is 7.98. The molecular formula is C16H28N4O8S. The summed E-state index contributed by atoms with van der Waals surface area (Å²) >= 11 is 1.40. The molecular weight excluding hydrogens is 408 g/mol.